The van der Waals surface area contributed by atoms with Gasteiger partial charge in [0.25, 0.3) is 11.5 Å². The van der Waals surface area contributed by atoms with Crippen LogP contribution in [-0.4, -0.2) is 20.7 Å². The summed E-state index contributed by atoms with van der Waals surface area (Å²) in [5.41, 5.74) is 2.74. The Morgan fingerprint density at radius 3 is 2.91 bits per heavy atom. The van der Waals surface area contributed by atoms with Crippen molar-refractivity contribution < 1.29 is 4.79 Å². The maximum absolute atomic E-state index is 12.2. The van der Waals surface area contributed by atoms with Crippen LogP contribution < -0.4 is 10.9 Å². The Balaban J connectivity index is 1.77. The predicted octanol–water partition coefficient (Wildman–Crippen LogP) is 1.83. The number of nitrogens with zero attached hydrogens (tertiary/aromatic N) is 3. The van der Waals surface area contributed by atoms with Crippen molar-refractivity contribution in [3.05, 3.63) is 68.9 Å². The average molecular weight is 326 g/mol. The Morgan fingerprint density at radius 1 is 1.30 bits per heavy atom. The lowest BCUT2D eigenvalue weighted by Crippen LogP contribution is -2.28. The van der Waals surface area contributed by atoms with Crippen LogP contribution in [0.15, 0.2) is 52.1 Å². The molecule has 0 radical (unpaired) electrons. The Bertz CT molecular complexity index is 887. The Morgan fingerprint density at radius 2 is 2.17 bits per heavy atom. The van der Waals surface area contributed by atoms with E-state index in [1.165, 1.54) is 19.2 Å². The highest BCUT2D eigenvalue weighted by Crippen LogP contribution is 2.23. The average Bonchev–Trinajstić information content (AvgIpc) is 3.10. The van der Waals surface area contributed by atoms with Gasteiger partial charge in [-0.1, -0.05) is 6.07 Å². The molecule has 1 N–H and O–H groups in total. The molecular weight excluding hydrogens is 312 g/mol. The molecular formula is C16H14N4O2S. The second-order valence-electron chi connectivity index (χ2n) is 4.89. The van der Waals surface area contributed by atoms with Crippen LogP contribution in [0, 0.1) is 0 Å². The molecule has 0 saturated heterocycles. The lowest BCUT2D eigenvalue weighted by molar-refractivity contribution is 0.0943. The molecule has 0 aliphatic rings. The number of carbonyl (C=O) groups excluding carboxylic acids is 1. The standard InChI is InChI=1S/C16H14N4O2S/c1-20-14(21)5-4-13(19-20)16(22)18-9-11-3-2-7-17-15(11)12-6-8-23-10-12/h2-8,10H,9H2,1H3,(H,18,22). The molecule has 116 valence electrons. The van der Waals surface area contributed by atoms with Crippen LogP contribution in [0.5, 0.6) is 0 Å². The fourth-order valence-corrected chi connectivity index (χ4v) is 2.77. The van der Waals surface area contributed by atoms with Crippen molar-refractivity contribution in [2.75, 3.05) is 0 Å². The summed E-state index contributed by atoms with van der Waals surface area (Å²) < 4.78 is 1.13. The van der Waals surface area contributed by atoms with Gasteiger partial charge in [0.05, 0.1) is 5.69 Å². The van der Waals surface area contributed by atoms with Crippen LogP contribution in [0.25, 0.3) is 11.3 Å². The summed E-state index contributed by atoms with van der Waals surface area (Å²) in [5, 5.41) is 10.7. The van der Waals surface area contributed by atoms with Gasteiger partial charge >= 0.3 is 0 Å². The van der Waals surface area contributed by atoms with Gasteiger partial charge in [-0.15, -0.1) is 0 Å². The van der Waals surface area contributed by atoms with Crippen molar-refractivity contribution >= 4 is 17.2 Å². The van der Waals surface area contributed by atoms with Crippen LogP contribution in [0.1, 0.15) is 16.1 Å². The molecule has 3 aromatic rings. The first-order valence-corrected chi connectivity index (χ1v) is 7.88. The second kappa shape index (κ2) is 6.53. The fraction of sp³-hybridized carbons (Fsp3) is 0.125. The predicted molar refractivity (Wildman–Crippen MR) is 88.2 cm³/mol. The van der Waals surface area contributed by atoms with Crippen molar-refractivity contribution in [3.8, 4) is 11.3 Å². The van der Waals surface area contributed by atoms with Gasteiger partial charge in [0.2, 0.25) is 0 Å². The molecule has 0 atom stereocenters. The molecule has 6 nitrogen and oxygen atoms in total. The summed E-state index contributed by atoms with van der Waals surface area (Å²) in [4.78, 5) is 27.9. The highest BCUT2D eigenvalue weighted by Gasteiger charge is 2.11. The number of nitrogens with one attached hydrogen (secondary N) is 1. The molecule has 1 amide bonds. The first-order chi connectivity index (χ1) is 11.1. The lowest BCUT2D eigenvalue weighted by atomic mass is 10.1. The fourth-order valence-electron chi connectivity index (χ4n) is 2.13. The largest absolute Gasteiger partial charge is 0.346 e. The molecule has 0 aromatic carbocycles. The van der Waals surface area contributed by atoms with E-state index in [1.54, 1.807) is 17.5 Å². The number of rotatable bonds is 4. The zero-order valence-corrected chi connectivity index (χ0v) is 13.2. The molecule has 3 heterocycles. The maximum atomic E-state index is 12.2. The number of aromatic nitrogens is 3. The van der Waals surface area contributed by atoms with Crippen molar-refractivity contribution in [1.82, 2.24) is 20.1 Å². The van der Waals surface area contributed by atoms with E-state index in [4.69, 9.17) is 0 Å². The first-order valence-electron chi connectivity index (χ1n) is 6.94. The molecule has 23 heavy (non-hydrogen) atoms. The summed E-state index contributed by atoms with van der Waals surface area (Å²) in [6.45, 7) is 0.336. The van der Waals surface area contributed by atoms with Gasteiger partial charge in [-0.2, -0.15) is 16.4 Å². The maximum Gasteiger partial charge on any atom is 0.271 e. The minimum Gasteiger partial charge on any atom is -0.346 e. The van der Waals surface area contributed by atoms with Crippen molar-refractivity contribution in [3.63, 3.8) is 0 Å². The van der Waals surface area contributed by atoms with E-state index >= 15 is 0 Å². The highest BCUT2D eigenvalue weighted by atomic mass is 32.1. The van der Waals surface area contributed by atoms with Crippen LogP contribution in [0.4, 0.5) is 0 Å². The van der Waals surface area contributed by atoms with E-state index < -0.39 is 0 Å². The molecule has 0 fully saturated rings. The third kappa shape index (κ3) is 3.35. The van der Waals surface area contributed by atoms with Gasteiger partial charge in [-0.05, 0) is 29.1 Å². The molecule has 0 saturated carbocycles. The lowest BCUT2D eigenvalue weighted by Gasteiger charge is -2.09. The molecule has 0 aliphatic heterocycles. The topological polar surface area (TPSA) is 76.9 Å². The van der Waals surface area contributed by atoms with E-state index in [9.17, 15) is 9.59 Å². The molecule has 7 heteroatoms. The van der Waals surface area contributed by atoms with Crippen LogP contribution in [0.3, 0.4) is 0 Å². The molecule has 0 unspecified atom stereocenters. The number of carbonyl (C=O) groups is 1. The summed E-state index contributed by atoms with van der Waals surface area (Å²) in [7, 11) is 1.51. The Labute approximate surface area is 136 Å². The quantitative estimate of drug-likeness (QED) is 0.793. The normalized spacial score (nSPS) is 10.5. The van der Waals surface area contributed by atoms with Crippen LogP contribution in [-0.2, 0) is 13.6 Å². The number of amides is 1. The van der Waals surface area contributed by atoms with E-state index in [1.807, 2.05) is 29.0 Å². The summed E-state index contributed by atoms with van der Waals surface area (Å²) in [5.74, 6) is -0.333. The van der Waals surface area contributed by atoms with Crippen molar-refractivity contribution in [1.29, 1.82) is 0 Å². The molecule has 0 aliphatic carbocycles. The van der Waals surface area contributed by atoms with Crippen molar-refractivity contribution in [2.45, 2.75) is 6.54 Å². The highest BCUT2D eigenvalue weighted by molar-refractivity contribution is 7.08. The van der Waals surface area contributed by atoms with E-state index in [0.717, 1.165) is 21.5 Å². The smallest absolute Gasteiger partial charge is 0.271 e. The van der Waals surface area contributed by atoms with E-state index in [2.05, 4.69) is 15.4 Å². The van der Waals surface area contributed by atoms with Gasteiger partial charge < -0.3 is 5.32 Å². The molecule has 3 aromatic heterocycles. The zero-order valence-electron chi connectivity index (χ0n) is 12.4. The number of pyridine rings is 1. The van der Waals surface area contributed by atoms with Gasteiger partial charge in [-0.25, -0.2) is 4.68 Å². The summed E-state index contributed by atoms with van der Waals surface area (Å²) in [6.07, 6.45) is 1.73. The SMILES string of the molecule is Cn1nc(C(=O)NCc2cccnc2-c2ccsc2)ccc1=O. The number of hydrogen-bond acceptors (Lipinski definition) is 5. The Hall–Kier alpha value is -2.80. The Kier molecular flexibility index (Phi) is 4.29. The van der Waals surface area contributed by atoms with Crippen LogP contribution in [0.2, 0.25) is 0 Å². The minimum atomic E-state index is -0.333. The molecule has 0 bridgehead atoms. The second-order valence-corrected chi connectivity index (χ2v) is 5.67. The van der Waals surface area contributed by atoms with Gasteiger partial charge in [0.15, 0.2) is 0 Å². The first kappa shape index (κ1) is 15.1. The van der Waals surface area contributed by atoms with Gasteiger partial charge in [0, 0.05) is 36.8 Å². The number of aryl methyl sites for hydroxylation is 1. The third-order valence-electron chi connectivity index (χ3n) is 3.32. The zero-order chi connectivity index (χ0) is 16.2. The number of hydrogen-bond donors (Lipinski definition) is 1. The minimum absolute atomic E-state index is 0.202. The van der Waals surface area contributed by atoms with E-state index in [-0.39, 0.29) is 17.2 Å². The third-order valence-corrected chi connectivity index (χ3v) is 4.00. The number of thiophene rings is 1. The van der Waals surface area contributed by atoms with Crippen molar-refractivity contribution in [2.24, 2.45) is 7.05 Å². The van der Waals surface area contributed by atoms with E-state index in [0.29, 0.717) is 6.54 Å². The summed E-state index contributed by atoms with van der Waals surface area (Å²) >= 11 is 1.60. The molecule has 3 rings (SSSR count). The molecule has 0 spiro atoms. The van der Waals surface area contributed by atoms with Gasteiger partial charge in [-0.3, -0.25) is 14.6 Å². The van der Waals surface area contributed by atoms with Crippen LogP contribution >= 0.6 is 11.3 Å². The van der Waals surface area contributed by atoms with Gasteiger partial charge in [0.1, 0.15) is 5.69 Å². The monoisotopic (exact) mass is 326 g/mol. The summed E-state index contributed by atoms with van der Waals surface area (Å²) in [6, 6.07) is 8.49.